The molecule has 1 aromatic rings. The number of rotatable bonds is 5. The Morgan fingerprint density at radius 3 is 3.18 bits per heavy atom. The molecule has 1 aliphatic heterocycles. The predicted molar refractivity (Wildman–Crippen MR) is 94.6 cm³/mol. The van der Waals surface area contributed by atoms with Crippen LogP contribution < -0.4 is 14.6 Å². The molecule has 0 saturated carbocycles. The van der Waals surface area contributed by atoms with Crippen LogP contribution in [-0.2, 0) is 4.79 Å². The highest BCUT2D eigenvalue weighted by atomic mass is 32.1. The van der Waals surface area contributed by atoms with Crippen molar-refractivity contribution in [1.82, 2.24) is 4.72 Å². The summed E-state index contributed by atoms with van der Waals surface area (Å²) in [5, 5.41) is 3.11. The lowest BCUT2D eigenvalue weighted by Gasteiger charge is -2.25. The van der Waals surface area contributed by atoms with E-state index in [0.717, 1.165) is 18.2 Å². The number of ketones is 1. The van der Waals surface area contributed by atoms with Gasteiger partial charge in [0.2, 0.25) is 0 Å². The fourth-order valence-electron chi connectivity index (χ4n) is 3.20. The smallest absolute Gasteiger partial charge is 0.141 e. The van der Waals surface area contributed by atoms with Gasteiger partial charge in [-0.15, -0.1) is 11.3 Å². The summed E-state index contributed by atoms with van der Waals surface area (Å²) in [7, 11) is 0. The summed E-state index contributed by atoms with van der Waals surface area (Å²) in [4.78, 5) is 17.1. The molecule has 1 unspecified atom stereocenters. The van der Waals surface area contributed by atoms with Gasteiger partial charge in [-0.2, -0.15) is 0 Å². The molecule has 1 atom stereocenters. The second-order valence-corrected chi connectivity index (χ2v) is 6.77. The van der Waals surface area contributed by atoms with Crippen LogP contribution in [0.2, 0.25) is 0 Å². The van der Waals surface area contributed by atoms with Crippen molar-refractivity contribution in [2.24, 2.45) is 10.9 Å². The van der Waals surface area contributed by atoms with E-state index in [1.165, 1.54) is 21.3 Å². The van der Waals surface area contributed by atoms with Crippen molar-refractivity contribution in [2.75, 3.05) is 13.1 Å². The minimum Gasteiger partial charge on any atom is -0.299 e. The summed E-state index contributed by atoms with van der Waals surface area (Å²) in [6.45, 7) is 3.24. The molecule has 3 nitrogen and oxygen atoms in total. The van der Waals surface area contributed by atoms with E-state index in [1.54, 1.807) is 11.3 Å². The number of hydrogen-bond acceptors (Lipinski definition) is 5. The Hall–Kier alpha value is -1.17. The molecule has 2 aliphatic rings. The number of nitrogens with one attached hydrogen (secondary N) is 1. The zero-order chi connectivity index (χ0) is 15.5. The fourth-order valence-corrected chi connectivity index (χ4v) is 4.35. The Kier molecular flexibility index (Phi) is 4.96. The number of thiophene rings is 1. The average molecular weight is 332 g/mol. The van der Waals surface area contributed by atoms with Crippen molar-refractivity contribution in [3.8, 4) is 0 Å². The first-order valence-electron chi connectivity index (χ1n) is 7.67. The van der Waals surface area contributed by atoms with Crippen molar-refractivity contribution in [3.63, 3.8) is 0 Å². The number of carbonyl (C=O) groups is 1. The van der Waals surface area contributed by atoms with Gasteiger partial charge in [0, 0.05) is 13.0 Å². The molecule has 1 aliphatic carbocycles. The van der Waals surface area contributed by atoms with Gasteiger partial charge in [-0.3, -0.25) is 14.5 Å². The van der Waals surface area contributed by atoms with Crippen LogP contribution in [0.1, 0.15) is 26.2 Å². The summed E-state index contributed by atoms with van der Waals surface area (Å²) in [5.74, 6) is 0.200. The van der Waals surface area contributed by atoms with Gasteiger partial charge in [0.25, 0.3) is 0 Å². The van der Waals surface area contributed by atoms with Gasteiger partial charge in [-0.05, 0) is 41.0 Å². The molecular formula is C17H20N2OS2. The number of fused-ring (bicyclic) bond motifs is 1. The van der Waals surface area contributed by atoms with Crippen LogP contribution in [0.25, 0.3) is 5.57 Å². The second kappa shape index (κ2) is 6.94. The van der Waals surface area contributed by atoms with Gasteiger partial charge in [-0.25, -0.2) is 0 Å². The fraction of sp³-hybridized carbons (Fsp3) is 0.412. The standard InChI is InChI=1S/C17H20N2OS2/c1-2-15(20)13-10-18-14-7-8-22-17(14)16(13)12-6-4-3-5-11(12)9-19-21/h3,5,7-8,13,19,21H,2,4,6,9-10H2,1H3. The lowest BCUT2D eigenvalue weighted by atomic mass is 9.81. The normalized spacial score (nSPS) is 20.8. The topological polar surface area (TPSA) is 41.5 Å². The predicted octanol–water partition coefficient (Wildman–Crippen LogP) is 2.21. The lowest BCUT2D eigenvalue weighted by molar-refractivity contribution is -0.120. The average Bonchev–Trinajstić information content (AvgIpc) is 3.03. The maximum absolute atomic E-state index is 12.5. The Morgan fingerprint density at radius 2 is 2.41 bits per heavy atom. The molecule has 0 spiro atoms. The van der Waals surface area contributed by atoms with E-state index in [-0.39, 0.29) is 11.7 Å². The van der Waals surface area contributed by atoms with Crippen LogP contribution in [0.4, 0.5) is 0 Å². The Bertz CT molecular complexity index is 758. The molecule has 0 amide bonds. The van der Waals surface area contributed by atoms with E-state index in [4.69, 9.17) is 0 Å². The molecule has 1 aromatic heterocycles. The molecule has 0 aromatic carbocycles. The van der Waals surface area contributed by atoms with E-state index < -0.39 is 0 Å². The highest BCUT2D eigenvalue weighted by Gasteiger charge is 2.29. The first-order chi connectivity index (χ1) is 10.8. The third kappa shape index (κ3) is 2.85. The molecule has 5 heteroatoms. The Morgan fingerprint density at radius 1 is 1.55 bits per heavy atom. The number of nitrogens with zero attached hydrogens (tertiary/aromatic N) is 1. The van der Waals surface area contributed by atoms with Gasteiger partial charge in [0.05, 0.1) is 22.4 Å². The molecule has 0 radical (unpaired) electrons. The van der Waals surface area contributed by atoms with Gasteiger partial charge >= 0.3 is 0 Å². The van der Waals surface area contributed by atoms with E-state index in [2.05, 4.69) is 46.1 Å². The van der Waals surface area contributed by atoms with Crippen LogP contribution in [0, 0.1) is 5.92 Å². The first-order valence-corrected chi connectivity index (χ1v) is 8.99. The maximum atomic E-state index is 12.5. The van der Waals surface area contributed by atoms with Crippen LogP contribution in [0.3, 0.4) is 0 Å². The molecule has 1 N–H and O–H groups in total. The quantitative estimate of drug-likeness (QED) is 0.812. The van der Waals surface area contributed by atoms with Crippen molar-refractivity contribution in [3.05, 3.63) is 44.6 Å². The molecule has 0 fully saturated rings. The molecule has 116 valence electrons. The third-order valence-electron chi connectivity index (χ3n) is 4.28. The summed E-state index contributed by atoms with van der Waals surface area (Å²) in [5.41, 5.74) is 3.77. The Labute approximate surface area is 140 Å². The van der Waals surface area contributed by atoms with Gasteiger partial charge in [0.1, 0.15) is 5.78 Å². The number of carbonyl (C=O) groups excluding carboxylic acids is 1. The third-order valence-corrected chi connectivity index (χ3v) is 5.38. The van der Waals surface area contributed by atoms with Crippen molar-refractivity contribution < 1.29 is 4.79 Å². The summed E-state index contributed by atoms with van der Waals surface area (Å²) in [6, 6.07) is 2.06. The minimum atomic E-state index is -0.0902. The van der Waals surface area contributed by atoms with Gasteiger partial charge in [-0.1, -0.05) is 31.9 Å². The summed E-state index contributed by atoms with van der Waals surface area (Å²) in [6.07, 6.45) is 6.94. The van der Waals surface area contributed by atoms with Crippen LogP contribution in [-0.4, -0.2) is 18.9 Å². The van der Waals surface area contributed by atoms with E-state index in [1.807, 2.05) is 6.92 Å². The first kappa shape index (κ1) is 15.7. The highest BCUT2D eigenvalue weighted by molar-refractivity contribution is 7.78. The molecule has 22 heavy (non-hydrogen) atoms. The summed E-state index contributed by atoms with van der Waals surface area (Å²) >= 11 is 5.85. The SMILES string of the molecule is CCC(=O)C1CN=c2ccsc2=C1C1=C(CNS)C=CCC1. The maximum Gasteiger partial charge on any atom is 0.141 e. The van der Waals surface area contributed by atoms with Crippen LogP contribution in [0.5, 0.6) is 0 Å². The monoisotopic (exact) mass is 332 g/mol. The molecule has 3 rings (SSSR count). The molecule has 2 heterocycles. The summed E-state index contributed by atoms with van der Waals surface area (Å²) < 4.78 is 4.13. The van der Waals surface area contributed by atoms with Crippen molar-refractivity contribution in [2.45, 2.75) is 26.2 Å². The van der Waals surface area contributed by atoms with Gasteiger partial charge < -0.3 is 0 Å². The molecular weight excluding hydrogens is 312 g/mol. The van der Waals surface area contributed by atoms with Crippen LogP contribution >= 0.6 is 24.2 Å². The second-order valence-electron chi connectivity index (χ2n) is 5.54. The van der Waals surface area contributed by atoms with Crippen molar-refractivity contribution in [1.29, 1.82) is 0 Å². The number of thiol groups is 1. The molecule has 0 bridgehead atoms. The van der Waals surface area contributed by atoms with E-state index >= 15 is 0 Å². The number of allylic oxidation sites excluding steroid dienone is 2. The lowest BCUT2D eigenvalue weighted by Crippen LogP contribution is -2.36. The molecule has 0 saturated heterocycles. The number of hydrogen-bond donors (Lipinski definition) is 2. The van der Waals surface area contributed by atoms with E-state index in [0.29, 0.717) is 19.5 Å². The zero-order valence-electron chi connectivity index (χ0n) is 12.6. The van der Waals surface area contributed by atoms with Crippen LogP contribution in [0.15, 0.2) is 39.7 Å². The van der Waals surface area contributed by atoms with E-state index in [9.17, 15) is 4.79 Å². The van der Waals surface area contributed by atoms with Gasteiger partial charge in [0.15, 0.2) is 0 Å². The Balaban J connectivity index is 2.23. The minimum absolute atomic E-state index is 0.0902. The highest BCUT2D eigenvalue weighted by Crippen LogP contribution is 2.32. The number of Topliss-reactive ketones (excluding diaryl/α,β-unsaturated/α-hetero) is 1. The zero-order valence-corrected chi connectivity index (χ0v) is 14.3. The van der Waals surface area contributed by atoms with Crippen molar-refractivity contribution >= 4 is 35.5 Å². The largest absolute Gasteiger partial charge is 0.299 e.